The largest absolute Gasteiger partial charge is 0.444 e. The van der Waals surface area contributed by atoms with Crippen molar-refractivity contribution in [2.75, 3.05) is 25.0 Å². The molecule has 0 bridgehead atoms. The molecule has 4 atom stereocenters. The fourth-order valence-electron chi connectivity index (χ4n) is 4.57. The number of hydrogen-bond acceptors (Lipinski definition) is 6. The molecule has 2 fully saturated rings. The summed E-state index contributed by atoms with van der Waals surface area (Å²) in [5.41, 5.74) is 3.75. The third-order valence-electron chi connectivity index (χ3n) is 6.16. The number of carbonyl (C=O) groups excluding carboxylic acids is 2. The van der Waals surface area contributed by atoms with Crippen LogP contribution in [0.25, 0.3) is 0 Å². The molecule has 2 heterocycles. The average Bonchev–Trinajstić information content (AvgIpc) is 2.72. The van der Waals surface area contributed by atoms with Crippen LogP contribution in [0, 0.1) is 11.7 Å². The second-order valence-corrected chi connectivity index (χ2v) is 10.0. The zero-order valence-electron chi connectivity index (χ0n) is 19.9. The van der Waals surface area contributed by atoms with Gasteiger partial charge in [-0.2, -0.15) is 13.2 Å². The first-order valence-corrected chi connectivity index (χ1v) is 11.5. The highest BCUT2D eigenvalue weighted by Gasteiger charge is 2.43. The van der Waals surface area contributed by atoms with Crippen molar-refractivity contribution in [3.05, 3.63) is 29.6 Å². The van der Waals surface area contributed by atoms with Crippen molar-refractivity contribution in [1.29, 1.82) is 0 Å². The quantitative estimate of drug-likeness (QED) is 0.430. The van der Waals surface area contributed by atoms with Crippen LogP contribution >= 0.6 is 0 Å². The fourth-order valence-corrected chi connectivity index (χ4v) is 4.57. The SMILES string of the molecule is CC(C)(C)OC(=O)N1CC[C@H](C(N)O)[C@@H](N2CCCC(Nc3cc(F)cc(C(F)(F)F)c3)C2=O)C1. The molecular weight excluding hydrogens is 472 g/mol. The number of alkyl halides is 3. The van der Waals surface area contributed by atoms with E-state index in [1.807, 2.05) is 0 Å². The van der Waals surface area contributed by atoms with Crippen LogP contribution in [-0.4, -0.2) is 70.5 Å². The molecule has 2 amide bonds. The van der Waals surface area contributed by atoms with E-state index >= 15 is 0 Å². The second-order valence-electron chi connectivity index (χ2n) is 10.0. The Hall–Kier alpha value is -2.60. The van der Waals surface area contributed by atoms with E-state index in [4.69, 9.17) is 10.5 Å². The molecule has 35 heavy (non-hydrogen) atoms. The number of amides is 2. The number of nitrogens with one attached hydrogen (secondary N) is 1. The highest BCUT2D eigenvalue weighted by atomic mass is 19.4. The smallest absolute Gasteiger partial charge is 0.416 e. The Morgan fingerprint density at radius 3 is 2.49 bits per heavy atom. The van der Waals surface area contributed by atoms with Gasteiger partial charge in [-0.3, -0.25) is 4.79 Å². The number of nitrogens with zero attached hydrogens (tertiary/aromatic N) is 2. The number of likely N-dealkylation sites (tertiary alicyclic amines) is 2. The van der Waals surface area contributed by atoms with Crippen molar-refractivity contribution >= 4 is 17.7 Å². The van der Waals surface area contributed by atoms with Crippen molar-refractivity contribution in [3.8, 4) is 0 Å². The summed E-state index contributed by atoms with van der Waals surface area (Å²) in [4.78, 5) is 28.9. The minimum Gasteiger partial charge on any atom is -0.444 e. The number of nitrogens with two attached hydrogens (primary N) is 1. The standard InChI is InChI=1S/C23H32F4N4O4/c1-22(2,3)35-21(34)30-8-6-16(19(28)32)18(12-30)31-7-4-5-17(20(31)33)29-15-10-13(23(25,26)27)9-14(24)11-15/h9-11,16-19,29,32H,4-8,12,28H2,1-3H3/t16-,17?,18-,19?/m0/s1. The first-order valence-electron chi connectivity index (χ1n) is 11.5. The molecule has 2 aliphatic heterocycles. The Morgan fingerprint density at radius 2 is 1.89 bits per heavy atom. The molecule has 8 nitrogen and oxygen atoms in total. The summed E-state index contributed by atoms with van der Waals surface area (Å²) in [6, 6.07) is 0.525. The summed E-state index contributed by atoms with van der Waals surface area (Å²) in [5.74, 6) is -2.01. The molecule has 2 saturated heterocycles. The predicted octanol–water partition coefficient (Wildman–Crippen LogP) is 3.15. The van der Waals surface area contributed by atoms with Gasteiger partial charge in [0.2, 0.25) is 5.91 Å². The van der Waals surface area contributed by atoms with Crippen LogP contribution in [0.2, 0.25) is 0 Å². The molecule has 12 heteroatoms. The molecule has 1 aromatic rings. The van der Waals surface area contributed by atoms with Gasteiger partial charge in [0.1, 0.15) is 23.7 Å². The Kier molecular flexibility index (Phi) is 7.85. The van der Waals surface area contributed by atoms with Gasteiger partial charge in [-0.25, -0.2) is 9.18 Å². The minimum atomic E-state index is -4.74. The zero-order valence-corrected chi connectivity index (χ0v) is 19.9. The van der Waals surface area contributed by atoms with Gasteiger partial charge in [-0.05, 0) is 58.2 Å². The van der Waals surface area contributed by atoms with E-state index in [-0.39, 0.29) is 18.8 Å². The van der Waals surface area contributed by atoms with Crippen LogP contribution in [-0.2, 0) is 15.7 Å². The number of hydrogen-bond donors (Lipinski definition) is 3. The predicted molar refractivity (Wildman–Crippen MR) is 120 cm³/mol. The molecule has 1 aromatic carbocycles. The first kappa shape index (κ1) is 27.0. The monoisotopic (exact) mass is 504 g/mol. The normalized spacial score (nSPS) is 24.8. The van der Waals surface area contributed by atoms with Gasteiger partial charge in [-0.15, -0.1) is 0 Å². The van der Waals surface area contributed by atoms with E-state index in [1.165, 1.54) is 9.80 Å². The molecule has 0 radical (unpaired) electrons. The third kappa shape index (κ3) is 6.75. The fraction of sp³-hybridized carbons (Fsp3) is 0.652. The molecule has 0 aliphatic carbocycles. The molecule has 2 unspecified atom stereocenters. The topological polar surface area (TPSA) is 108 Å². The maximum absolute atomic E-state index is 13.8. The lowest BCUT2D eigenvalue weighted by Crippen LogP contribution is -2.63. The van der Waals surface area contributed by atoms with E-state index in [1.54, 1.807) is 20.8 Å². The number of aliphatic hydroxyl groups is 1. The highest BCUT2D eigenvalue weighted by Crippen LogP contribution is 2.33. The van der Waals surface area contributed by atoms with Gasteiger partial charge in [0.25, 0.3) is 0 Å². The van der Waals surface area contributed by atoms with E-state index in [0.29, 0.717) is 31.9 Å². The van der Waals surface area contributed by atoms with Crippen molar-refractivity contribution in [3.63, 3.8) is 0 Å². The Morgan fingerprint density at radius 1 is 1.20 bits per heavy atom. The van der Waals surface area contributed by atoms with Crippen LogP contribution in [0.15, 0.2) is 18.2 Å². The van der Waals surface area contributed by atoms with Gasteiger partial charge in [0.05, 0.1) is 11.6 Å². The van der Waals surface area contributed by atoms with Gasteiger partial charge in [0, 0.05) is 31.2 Å². The minimum absolute atomic E-state index is 0.0878. The number of aliphatic hydroxyl groups excluding tert-OH is 1. The van der Waals surface area contributed by atoms with Crippen LogP contribution in [0.3, 0.4) is 0 Å². The third-order valence-corrected chi connectivity index (χ3v) is 6.16. The number of rotatable bonds is 4. The average molecular weight is 505 g/mol. The first-order chi connectivity index (χ1) is 16.2. The summed E-state index contributed by atoms with van der Waals surface area (Å²) >= 11 is 0. The molecule has 196 valence electrons. The molecule has 0 saturated carbocycles. The maximum atomic E-state index is 13.8. The maximum Gasteiger partial charge on any atom is 0.416 e. The highest BCUT2D eigenvalue weighted by molar-refractivity contribution is 5.86. The lowest BCUT2D eigenvalue weighted by Gasteiger charge is -2.47. The molecule has 0 aromatic heterocycles. The van der Waals surface area contributed by atoms with Crippen LogP contribution in [0.4, 0.5) is 28.0 Å². The molecule has 4 N–H and O–H groups in total. The lowest BCUT2D eigenvalue weighted by atomic mass is 9.87. The van der Waals surface area contributed by atoms with Crippen molar-refractivity contribution in [2.24, 2.45) is 11.7 Å². The number of benzene rings is 1. The zero-order chi connectivity index (χ0) is 26.1. The summed E-state index contributed by atoms with van der Waals surface area (Å²) in [5, 5.41) is 12.9. The number of halogens is 4. The van der Waals surface area contributed by atoms with Crippen LogP contribution in [0.5, 0.6) is 0 Å². The van der Waals surface area contributed by atoms with Gasteiger partial charge in [-0.1, -0.05) is 0 Å². The van der Waals surface area contributed by atoms with E-state index < -0.39 is 59.4 Å². The molecule has 2 aliphatic rings. The van der Waals surface area contributed by atoms with E-state index in [9.17, 15) is 32.3 Å². The summed E-state index contributed by atoms with van der Waals surface area (Å²) in [6.45, 7) is 5.91. The van der Waals surface area contributed by atoms with Crippen molar-refractivity contribution < 1.29 is 37.0 Å². The second kappa shape index (κ2) is 10.2. The van der Waals surface area contributed by atoms with Crippen LogP contribution in [0.1, 0.15) is 45.6 Å². The molecule has 0 spiro atoms. The van der Waals surface area contributed by atoms with E-state index in [0.717, 1.165) is 12.1 Å². The van der Waals surface area contributed by atoms with Gasteiger partial charge >= 0.3 is 12.3 Å². The Bertz CT molecular complexity index is 935. The summed E-state index contributed by atoms with van der Waals surface area (Å²) in [7, 11) is 0. The van der Waals surface area contributed by atoms with E-state index in [2.05, 4.69) is 5.32 Å². The van der Waals surface area contributed by atoms with Gasteiger partial charge in [0.15, 0.2) is 0 Å². The number of piperidine rings is 2. The number of carbonyl (C=O) groups is 2. The molecule has 3 rings (SSSR count). The van der Waals surface area contributed by atoms with Crippen LogP contribution < -0.4 is 11.1 Å². The van der Waals surface area contributed by atoms with Gasteiger partial charge < -0.3 is 30.7 Å². The molecular formula is C23H32F4N4O4. The lowest BCUT2D eigenvalue weighted by molar-refractivity contribution is -0.141. The summed E-state index contributed by atoms with van der Waals surface area (Å²) in [6.07, 6.45) is -5.35. The Balaban J connectivity index is 1.79. The van der Waals surface area contributed by atoms with Crippen molar-refractivity contribution in [1.82, 2.24) is 9.80 Å². The Labute approximate surface area is 201 Å². The number of ether oxygens (including phenoxy) is 1. The number of anilines is 1. The van der Waals surface area contributed by atoms with Crippen molar-refractivity contribution in [2.45, 2.75) is 70.1 Å². The summed E-state index contributed by atoms with van der Waals surface area (Å²) < 4.78 is 58.5.